The molecule has 0 bridgehead atoms. The molecule has 1 aromatic carbocycles. The standard InChI is InChI=1S/C29H25N7OS/c37-29(17-5-2-1-3-6-17)31-20-13-19(14-30-15-20)22-9-10-24-26(32-22)27(36-35-24)28-33-23-8-4-7-21(25(23)34-28)18-11-12-38-16-18/h4,7-17H,1-3,5-6H2,(H,31,37)(H,33,34)(H,35,36). The van der Waals surface area contributed by atoms with Gasteiger partial charge in [0.15, 0.2) is 11.5 Å². The zero-order valence-corrected chi connectivity index (χ0v) is 21.4. The fraction of sp³-hybridized carbons (Fsp3) is 0.207. The number of para-hydroxylation sites is 1. The van der Waals surface area contributed by atoms with Gasteiger partial charge in [0.1, 0.15) is 5.52 Å². The molecule has 1 saturated carbocycles. The molecule has 0 saturated heterocycles. The van der Waals surface area contributed by atoms with E-state index in [1.54, 1.807) is 23.7 Å². The minimum absolute atomic E-state index is 0.0795. The van der Waals surface area contributed by atoms with E-state index in [9.17, 15) is 4.79 Å². The Bertz CT molecular complexity index is 1760. The summed E-state index contributed by atoms with van der Waals surface area (Å²) in [4.78, 5) is 30.4. The Balaban J connectivity index is 1.23. The van der Waals surface area contributed by atoms with Gasteiger partial charge in [-0.1, -0.05) is 31.4 Å². The fourth-order valence-electron chi connectivity index (χ4n) is 5.28. The average molecular weight is 520 g/mol. The van der Waals surface area contributed by atoms with Crippen LogP contribution in [0.1, 0.15) is 32.1 Å². The molecule has 1 fully saturated rings. The Kier molecular flexibility index (Phi) is 5.70. The summed E-state index contributed by atoms with van der Waals surface area (Å²) < 4.78 is 0. The number of H-pyrrole nitrogens is 2. The van der Waals surface area contributed by atoms with E-state index in [1.807, 2.05) is 30.3 Å². The Labute approximate surface area is 222 Å². The Morgan fingerprint density at radius 2 is 1.87 bits per heavy atom. The quantitative estimate of drug-likeness (QED) is 0.232. The van der Waals surface area contributed by atoms with Crippen LogP contribution in [0.15, 0.2) is 65.6 Å². The SMILES string of the molecule is O=C(Nc1cncc(-c2ccc3[nH]nc(-c4nc5c(-c6ccsc6)cccc5[nH]4)c3n2)c1)C1CCCCC1. The number of nitrogens with zero attached hydrogens (tertiary/aromatic N) is 4. The molecule has 5 aromatic heterocycles. The third-order valence-electron chi connectivity index (χ3n) is 7.25. The summed E-state index contributed by atoms with van der Waals surface area (Å²) in [5.41, 5.74) is 8.52. The zero-order valence-electron chi connectivity index (χ0n) is 20.6. The monoisotopic (exact) mass is 519 g/mol. The van der Waals surface area contributed by atoms with Crippen molar-refractivity contribution >= 4 is 45.0 Å². The van der Waals surface area contributed by atoms with Crippen molar-refractivity contribution in [1.82, 2.24) is 30.1 Å². The number of fused-ring (bicyclic) bond motifs is 2. The molecular weight excluding hydrogens is 494 g/mol. The van der Waals surface area contributed by atoms with Gasteiger partial charge in [0.2, 0.25) is 5.91 Å². The van der Waals surface area contributed by atoms with Crippen molar-refractivity contribution in [3.05, 3.63) is 65.6 Å². The molecule has 0 unspecified atom stereocenters. The van der Waals surface area contributed by atoms with Crippen molar-refractivity contribution in [2.45, 2.75) is 32.1 Å². The number of amides is 1. The van der Waals surface area contributed by atoms with Crippen molar-refractivity contribution in [2.75, 3.05) is 5.32 Å². The molecule has 5 heterocycles. The third-order valence-corrected chi connectivity index (χ3v) is 7.94. The predicted molar refractivity (Wildman–Crippen MR) is 151 cm³/mol. The Morgan fingerprint density at radius 1 is 0.947 bits per heavy atom. The maximum absolute atomic E-state index is 12.8. The summed E-state index contributed by atoms with van der Waals surface area (Å²) in [6, 6.07) is 14.1. The molecular formula is C29H25N7OS. The molecule has 38 heavy (non-hydrogen) atoms. The number of pyridine rings is 2. The van der Waals surface area contributed by atoms with Crippen LogP contribution in [0, 0.1) is 5.92 Å². The van der Waals surface area contributed by atoms with Crippen molar-refractivity contribution in [1.29, 1.82) is 0 Å². The van der Waals surface area contributed by atoms with E-state index < -0.39 is 0 Å². The number of benzene rings is 1. The predicted octanol–water partition coefficient (Wildman–Crippen LogP) is 6.81. The molecule has 0 aliphatic heterocycles. The molecule has 9 heteroatoms. The highest BCUT2D eigenvalue weighted by molar-refractivity contribution is 7.08. The number of aromatic amines is 2. The van der Waals surface area contributed by atoms with E-state index in [2.05, 4.69) is 48.4 Å². The Hall–Kier alpha value is -4.37. The van der Waals surface area contributed by atoms with E-state index in [1.165, 1.54) is 6.42 Å². The van der Waals surface area contributed by atoms with Crippen LogP contribution in [-0.4, -0.2) is 36.0 Å². The van der Waals surface area contributed by atoms with Gasteiger partial charge in [0.05, 0.1) is 34.1 Å². The topological polar surface area (TPSA) is 112 Å². The molecule has 1 aliphatic carbocycles. The first kappa shape index (κ1) is 22.8. The molecule has 1 amide bonds. The molecule has 7 rings (SSSR count). The van der Waals surface area contributed by atoms with E-state index in [-0.39, 0.29) is 11.8 Å². The first-order chi connectivity index (χ1) is 18.7. The molecule has 0 radical (unpaired) electrons. The van der Waals surface area contributed by atoms with Gasteiger partial charge in [-0.2, -0.15) is 16.4 Å². The van der Waals surface area contributed by atoms with Gasteiger partial charge in [0, 0.05) is 23.2 Å². The lowest BCUT2D eigenvalue weighted by molar-refractivity contribution is -0.120. The van der Waals surface area contributed by atoms with Gasteiger partial charge >= 0.3 is 0 Å². The van der Waals surface area contributed by atoms with Crippen molar-refractivity contribution in [3.63, 3.8) is 0 Å². The number of carbonyl (C=O) groups excluding carboxylic acids is 1. The molecule has 0 spiro atoms. The molecule has 1 aliphatic rings. The number of thiophene rings is 1. The lowest BCUT2D eigenvalue weighted by Crippen LogP contribution is -2.24. The maximum atomic E-state index is 12.8. The van der Waals surface area contributed by atoms with Crippen LogP contribution in [0.2, 0.25) is 0 Å². The second-order valence-corrected chi connectivity index (χ2v) is 10.5. The van der Waals surface area contributed by atoms with Crippen molar-refractivity contribution in [2.24, 2.45) is 5.92 Å². The van der Waals surface area contributed by atoms with Crippen LogP contribution in [0.25, 0.3) is 56.0 Å². The highest BCUT2D eigenvalue weighted by Crippen LogP contribution is 2.33. The number of anilines is 1. The summed E-state index contributed by atoms with van der Waals surface area (Å²) in [5.74, 6) is 0.820. The highest BCUT2D eigenvalue weighted by atomic mass is 32.1. The van der Waals surface area contributed by atoms with E-state index >= 15 is 0 Å². The van der Waals surface area contributed by atoms with Crippen LogP contribution in [-0.2, 0) is 4.79 Å². The van der Waals surface area contributed by atoms with Crippen LogP contribution in [0.3, 0.4) is 0 Å². The van der Waals surface area contributed by atoms with Gasteiger partial charge in [0.25, 0.3) is 0 Å². The maximum Gasteiger partial charge on any atom is 0.227 e. The molecule has 8 nitrogen and oxygen atoms in total. The van der Waals surface area contributed by atoms with Crippen molar-refractivity contribution in [3.8, 4) is 33.9 Å². The minimum Gasteiger partial charge on any atom is -0.336 e. The Morgan fingerprint density at radius 3 is 2.74 bits per heavy atom. The van der Waals surface area contributed by atoms with Crippen molar-refractivity contribution < 1.29 is 4.79 Å². The lowest BCUT2D eigenvalue weighted by atomic mass is 9.88. The number of aromatic nitrogens is 6. The smallest absolute Gasteiger partial charge is 0.227 e. The summed E-state index contributed by atoms with van der Waals surface area (Å²) in [6.45, 7) is 0. The largest absolute Gasteiger partial charge is 0.336 e. The average Bonchev–Trinajstić information content (AvgIpc) is 3.73. The highest BCUT2D eigenvalue weighted by Gasteiger charge is 2.21. The van der Waals surface area contributed by atoms with Crippen LogP contribution >= 0.6 is 11.3 Å². The van der Waals surface area contributed by atoms with Crippen LogP contribution < -0.4 is 5.32 Å². The van der Waals surface area contributed by atoms with E-state index in [0.29, 0.717) is 17.2 Å². The summed E-state index contributed by atoms with van der Waals surface area (Å²) in [5, 5.41) is 14.9. The second kappa shape index (κ2) is 9.50. The molecule has 3 N–H and O–H groups in total. The number of nitrogens with one attached hydrogen (secondary N) is 3. The third kappa shape index (κ3) is 4.14. The van der Waals surface area contributed by atoms with Gasteiger partial charge in [-0.25, -0.2) is 9.97 Å². The number of hydrogen-bond donors (Lipinski definition) is 3. The lowest BCUT2D eigenvalue weighted by Gasteiger charge is -2.20. The minimum atomic E-state index is 0.0795. The summed E-state index contributed by atoms with van der Waals surface area (Å²) >= 11 is 1.67. The summed E-state index contributed by atoms with van der Waals surface area (Å²) in [6.07, 6.45) is 8.81. The van der Waals surface area contributed by atoms with E-state index in [4.69, 9.17) is 9.97 Å². The normalized spacial score (nSPS) is 14.3. The zero-order chi connectivity index (χ0) is 25.5. The molecule has 188 valence electrons. The number of rotatable bonds is 5. The number of imidazole rings is 1. The molecule has 0 atom stereocenters. The van der Waals surface area contributed by atoms with E-state index in [0.717, 1.165) is 70.1 Å². The van der Waals surface area contributed by atoms with Crippen LogP contribution in [0.5, 0.6) is 0 Å². The first-order valence-electron chi connectivity index (χ1n) is 12.9. The van der Waals surface area contributed by atoms with Gasteiger partial charge in [-0.3, -0.25) is 14.9 Å². The van der Waals surface area contributed by atoms with Gasteiger partial charge in [-0.15, -0.1) is 0 Å². The second-order valence-electron chi connectivity index (χ2n) is 9.75. The van der Waals surface area contributed by atoms with Gasteiger partial charge in [-0.05, 0) is 59.5 Å². The number of hydrogen-bond acceptors (Lipinski definition) is 6. The summed E-state index contributed by atoms with van der Waals surface area (Å²) in [7, 11) is 0. The van der Waals surface area contributed by atoms with Gasteiger partial charge < -0.3 is 10.3 Å². The number of carbonyl (C=O) groups is 1. The van der Waals surface area contributed by atoms with Crippen LogP contribution in [0.4, 0.5) is 5.69 Å². The first-order valence-corrected chi connectivity index (χ1v) is 13.8. The molecule has 6 aromatic rings. The fourth-order valence-corrected chi connectivity index (χ4v) is 5.93.